The Morgan fingerprint density at radius 1 is 0.611 bits per heavy atom. The van der Waals surface area contributed by atoms with Crippen LogP contribution in [-0.4, -0.2) is 19.8 Å². The molecule has 0 spiro atoms. The zero-order valence-electron chi connectivity index (χ0n) is 11.8. The smallest absolute Gasteiger partial charge is 1.00 e. The van der Waals surface area contributed by atoms with Gasteiger partial charge in [0.1, 0.15) is 0 Å². The summed E-state index contributed by atoms with van der Waals surface area (Å²) < 4.78 is 17.0. The molecule has 18 heavy (non-hydrogen) atoms. The van der Waals surface area contributed by atoms with Gasteiger partial charge in [0.05, 0.1) is 0 Å². The van der Waals surface area contributed by atoms with E-state index in [4.69, 9.17) is 11.0 Å². The van der Waals surface area contributed by atoms with Crippen molar-refractivity contribution in [2.45, 2.75) is 59.3 Å². The zero-order chi connectivity index (χ0) is 12.1. The minimum atomic E-state index is -1.90. The van der Waals surface area contributed by atoms with Crippen molar-refractivity contribution in [2.24, 2.45) is 0 Å². The van der Waals surface area contributed by atoms with E-state index in [0.717, 1.165) is 58.3 Å². The summed E-state index contributed by atoms with van der Waals surface area (Å²) >= 11 is -1.90. The second kappa shape index (κ2) is 20.7. The van der Waals surface area contributed by atoms with Gasteiger partial charge in [0, 0.05) is 0 Å². The first-order valence-corrected chi connectivity index (χ1v) is 8.25. The fourth-order valence-corrected chi connectivity index (χ4v) is 2.61. The summed E-state index contributed by atoms with van der Waals surface area (Å²) in [4.78, 5) is 0. The first-order valence-electron chi connectivity index (χ1n) is 6.54. The van der Waals surface area contributed by atoms with Gasteiger partial charge in [-0.1, -0.05) is 0 Å². The Kier molecular flexibility index (Phi) is 28.2. The van der Waals surface area contributed by atoms with Gasteiger partial charge in [-0.05, 0) is 0 Å². The summed E-state index contributed by atoms with van der Waals surface area (Å²) in [6.45, 7) is 8.85. The predicted octanol–water partition coefficient (Wildman–Crippen LogP) is -2.19. The van der Waals surface area contributed by atoms with Crippen LogP contribution < -0.4 is 34.0 Å². The fraction of sp³-hybridized carbons (Fsp3) is 1.00. The third kappa shape index (κ3) is 17.4. The van der Waals surface area contributed by atoms with Crippen LogP contribution in [0.3, 0.4) is 0 Å². The molecule has 0 N–H and O–H groups in total. The van der Waals surface area contributed by atoms with Gasteiger partial charge < -0.3 is 34.0 Å². The second-order valence-electron chi connectivity index (χ2n) is 3.78. The van der Waals surface area contributed by atoms with E-state index in [2.05, 4.69) is 20.8 Å². The molecule has 0 bridgehead atoms. The molecule has 0 amide bonds. The number of halogens is 2. The minimum Gasteiger partial charge on any atom is -1.00 e. The molecule has 6 heteroatoms. The van der Waals surface area contributed by atoms with Crippen LogP contribution in [0.25, 0.3) is 0 Å². The molecule has 112 valence electrons. The van der Waals surface area contributed by atoms with Crippen molar-refractivity contribution in [3.8, 4) is 0 Å². The summed E-state index contributed by atoms with van der Waals surface area (Å²) in [5, 5.41) is 0. The van der Waals surface area contributed by atoms with E-state index >= 15 is 0 Å². The Hall–Kier alpha value is 1.42. The molecule has 3 nitrogen and oxygen atoms in total. The van der Waals surface area contributed by atoms with E-state index in [1.165, 1.54) is 0 Å². The van der Waals surface area contributed by atoms with Gasteiger partial charge in [0.15, 0.2) is 0 Å². The fourth-order valence-electron chi connectivity index (χ4n) is 0.962. The van der Waals surface area contributed by atoms with E-state index in [9.17, 15) is 0 Å². The molecule has 0 rings (SSSR count). The normalized spacial score (nSPS) is 9.50. The van der Waals surface area contributed by atoms with E-state index < -0.39 is 16.2 Å². The SMILES string of the molecule is CCCC[O][V+2]([O]CCCC)[O]CCCC.[Br-].[Br-]. The number of rotatable bonds is 12. The Morgan fingerprint density at radius 2 is 0.889 bits per heavy atom. The number of hydrogen-bond acceptors (Lipinski definition) is 3. The summed E-state index contributed by atoms with van der Waals surface area (Å²) in [7, 11) is 0. The maximum atomic E-state index is 5.68. The first kappa shape index (κ1) is 24.4. The van der Waals surface area contributed by atoms with Crippen LogP contribution in [0.1, 0.15) is 59.3 Å². The van der Waals surface area contributed by atoms with Crippen LogP contribution in [0.15, 0.2) is 0 Å². The molecule has 0 aliphatic carbocycles. The third-order valence-corrected chi connectivity index (χ3v) is 3.93. The first-order chi connectivity index (χ1) is 7.85. The molecule has 0 saturated heterocycles. The van der Waals surface area contributed by atoms with Crippen molar-refractivity contribution < 1.29 is 61.2 Å². The quantitative estimate of drug-likeness (QED) is 0.330. The molecule has 0 heterocycles. The average molecular weight is 430 g/mol. The molecule has 0 aliphatic heterocycles. The predicted molar refractivity (Wildman–Crippen MR) is 62.6 cm³/mol. The van der Waals surface area contributed by atoms with Crippen LogP contribution in [-0.2, 0) is 27.2 Å². The molecule has 0 aromatic rings. The van der Waals surface area contributed by atoms with Crippen molar-refractivity contribution in [3.05, 3.63) is 0 Å². The van der Waals surface area contributed by atoms with E-state index in [1.807, 2.05) is 0 Å². The minimum absolute atomic E-state index is 0. The average Bonchev–Trinajstić information content (AvgIpc) is 2.29. The van der Waals surface area contributed by atoms with Gasteiger partial charge in [-0.25, -0.2) is 0 Å². The van der Waals surface area contributed by atoms with Gasteiger partial charge >= 0.3 is 106 Å². The monoisotopic (exact) mass is 428 g/mol. The van der Waals surface area contributed by atoms with Crippen LogP contribution >= 0.6 is 0 Å². The molecule has 0 aromatic heterocycles. The van der Waals surface area contributed by atoms with Crippen molar-refractivity contribution in [1.29, 1.82) is 0 Å². The number of unbranched alkanes of at least 4 members (excludes halogenated alkanes) is 3. The second-order valence-corrected chi connectivity index (χ2v) is 5.69. The standard InChI is InChI=1S/3C4H9O.2BrH.V/c3*1-2-3-4-5;;;/h3*2-4H2,1H3;2*1H;/q3*-1;;;+5/p-2. The van der Waals surface area contributed by atoms with Gasteiger partial charge in [-0.2, -0.15) is 0 Å². The Labute approximate surface area is 140 Å². The maximum absolute atomic E-state index is 5.68. The summed E-state index contributed by atoms with van der Waals surface area (Å²) in [6.07, 6.45) is 6.77. The largest absolute Gasteiger partial charge is 1.00 e. The van der Waals surface area contributed by atoms with Crippen molar-refractivity contribution in [3.63, 3.8) is 0 Å². The Balaban J connectivity index is -0.00000112. The van der Waals surface area contributed by atoms with Crippen molar-refractivity contribution >= 4 is 0 Å². The summed E-state index contributed by atoms with van der Waals surface area (Å²) in [5.74, 6) is 0. The van der Waals surface area contributed by atoms with E-state index in [1.54, 1.807) is 0 Å². The van der Waals surface area contributed by atoms with Crippen molar-refractivity contribution in [2.75, 3.05) is 19.8 Å². The van der Waals surface area contributed by atoms with Gasteiger partial charge in [0.2, 0.25) is 0 Å². The molecule has 0 fully saturated rings. The topological polar surface area (TPSA) is 27.7 Å². The molecular weight excluding hydrogens is 403 g/mol. The molecule has 0 atom stereocenters. The van der Waals surface area contributed by atoms with Crippen LogP contribution in [0.2, 0.25) is 0 Å². The van der Waals surface area contributed by atoms with Crippen LogP contribution in [0.5, 0.6) is 0 Å². The molecule has 0 aromatic carbocycles. The maximum Gasteiger partial charge on any atom is -1.00 e. The van der Waals surface area contributed by atoms with Gasteiger partial charge in [-0.15, -0.1) is 0 Å². The molecular formula is C12H27Br2O3V. The molecule has 0 aliphatic rings. The molecule has 0 unspecified atom stereocenters. The van der Waals surface area contributed by atoms with E-state index in [0.29, 0.717) is 0 Å². The Bertz CT molecular complexity index is 119. The summed E-state index contributed by atoms with van der Waals surface area (Å²) in [6, 6.07) is 0. The van der Waals surface area contributed by atoms with Crippen molar-refractivity contribution in [1.82, 2.24) is 0 Å². The Morgan fingerprint density at radius 3 is 1.11 bits per heavy atom. The van der Waals surface area contributed by atoms with Crippen LogP contribution in [0.4, 0.5) is 0 Å². The van der Waals surface area contributed by atoms with E-state index in [-0.39, 0.29) is 34.0 Å². The van der Waals surface area contributed by atoms with Crippen LogP contribution in [0, 0.1) is 0 Å². The summed E-state index contributed by atoms with van der Waals surface area (Å²) in [5.41, 5.74) is 0. The molecule has 0 radical (unpaired) electrons. The molecule has 0 saturated carbocycles. The van der Waals surface area contributed by atoms with Gasteiger partial charge in [-0.3, -0.25) is 0 Å². The van der Waals surface area contributed by atoms with Gasteiger partial charge in [0.25, 0.3) is 0 Å². The third-order valence-electron chi connectivity index (χ3n) is 2.08. The zero-order valence-corrected chi connectivity index (χ0v) is 16.4. The number of hydrogen-bond donors (Lipinski definition) is 0.